The summed E-state index contributed by atoms with van der Waals surface area (Å²) < 4.78 is 2.60. The van der Waals surface area contributed by atoms with Gasteiger partial charge in [0.15, 0.2) is 0 Å². The molecular formula is C58H37NS. The Morgan fingerprint density at radius 3 is 1.70 bits per heavy atom. The van der Waals surface area contributed by atoms with E-state index < -0.39 is 0 Å². The third-order valence-corrected chi connectivity index (χ3v) is 13.4. The molecule has 0 bridgehead atoms. The van der Waals surface area contributed by atoms with Crippen LogP contribution in [-0.2, 0) is 0 Å². The molecule has 1 aromatic heterocycles. The normalized spacial score (nSPS) is 11.7. The molecule has 0 amide bonds. The average molecular weight is 780 g/mol. The number of nitrogens with zero attached hydrogens (tertiary/aromatic N) is 1. The molecule has 12 rings (SSSR count). The molecule has 0 aliphatic carbocycles. The number of benzene rings is 11. The third-order valence-electron chi connectivity index (χ3n) is 12.2. The summed E-state index contributed by atoms with van der Waals surface area (Å²) in [6.07, 6.45) is 0. The van der Waals surface area contributed by atoms with Crippen molar-refractivity contribution in [2.75, 3.05) is 4.90 Å². The molecule has 0 unspecified atom stereocenters. The summed E-state index contributed by atoms with van der Waals surface area (Å²) in [5.74, 6) is 0. The monoisotopic (exact) mass is 779 g/mol. The van der Waals surface area contributed by atoms with Crippen LogP contribution < -0.4 is 4.90 Å². The molecular weight excluding hydrogens is 743 g/mol. The lowest BCUT2D eigenvalue weighted by Gasteiger charge is -2.27. The Hall–Kier alpha value is -7.52. The van der Waals surface area contributed by atoms with Crippen LogP contribution in [0.3, 0.4) is 0 Å². The Morgan fingerprint density at radius 2 is 0.850 bits per heavy atom. The summed E-state index contributed by atoms with van der Waals surface area (Å²) in [5.41, 5.74) is 10.6. The van der Waals surface area contributed by atoms with Crippen molar-refractivity contribution in [3.63, 3.8) is 0 Å². The van der Waals surface area contributed by atoms with Crippen LogP contribution in [0.15, 0.2) is 224 Å². The average Bonchev–Trinajstić information content (AvgIpc) is 3.69. The first-order valence-electron chi connectivity index (χ1n) is 20.6. The lowest BCUT2D eigenvalue weighted by atomic mass is 9.88. The van der Waals surface area contributed by atoms with Crippen molar-refractivity contribution < 1.29 is 0 Å². The summed E-state index contributed by atoms with van der Waals surface area (Å²) in [6.45, 7) is 0. The van der Waals surface area contributed by atoms with Crippen molar-refractivity contribution in [2.45, 2.75) is 0 Å². The Bertz CT molecular complexity index is 3610. The van der Waals surface area contributed by atoms with Crippen LogP contribution in [-0.4, -0.2) is 0 Å². The lowest BCUT2D eigenvalue weighted by molar-refractivity contribution is 1.29. The molecule has 0 saturated heterocycles. The predicted molar refractivity (Wildman–Crippen MR) is 260 cm³/mol. The molecule has 0 aliphatic rings. The van der Waals surface area contributed by atoms with Crippen molar-refractivity contribution in [2.24, 2.45) is 0 Å². The van der Waals surface area contributed by atoms with Gasteiger partial charge in [0.2, 0.25) is 0 Å². The predicted octanol–water partition coefficient (Wildman–Crippen LogP) is 17.1. The minimum atomic E-state index is 1.10. The maximum absolute atomic E-state index is 2.44. The van der Waals surface area contributed by atoms with Gasteiger partial charge in [-0.1, -0.05) is 164 Å². The van der Waals surface area contributed by atoms with E-state index in [2.05, 4.69) is 229 Å². The maximum atomic E-state index is 2.44. The van der Waals surface area contributed by atoms with E-state index in [9.17, 15) is 0 Å². The molecule has 0 spiro atoms. The number of rotatable bonds is 6. The first-order chi connectivity index (χ1) is 29.7. The van der Waals surface area contributed by atoms with E-state index >= 15 is 0 Å². The highest BCUT2D eigenvalue weighted by atomic mass is 32.1. The van der Waals surface area contributed by atoms with Crippen molar-refractivity contribution >= 4 is 91.7 Å². The molecule has 0 aliphatic heterocycles. The summed E-state index contributed by atoms with van der Waals surface area (Å²) in [6, 6.07) is 82.8. The highest BCUT2D eigenvalue weighted by Crippen LogP contribution is 2.46. The Morgan fingerprint density at radius 1 is 0.250 bits per heavy atom. The highest BCUT2D eigenvalue weighted by molar-refractivity contribution is 7.25. The molecule has 11 aromatic carbocycles. The quantitative estimate of drug-likeness (QED) is 0.152. The first-order valence-corrected chi connectivity index (χ1v) is 21.4. The number of thiophene rings is 1. The number of anilines is 3. The van der Waals surface area contributed by atoms with E-state index in [1.54, 1.807) is 0 Å². The SMILES string of the molecule is c1ccc2cc(-c3cc(N(c4ccc(-c5cccc6ccccc56)cc4)c4ccc5sc6ccccc6c5c4)ccc3-c3cc4ccccc4c4ccccc34)ccc2c1. The topological polar surface area (TPSA) is 3.24 Å². The maximum Gasteiger partial charge on any atom is 0.0468 e. The molecule has 1 heterocycles. The Balaban J connectivity index is 1.10. The van der Waals surface area contributed by atoms with Gasteiger partial charge in [0.1, 0.15) is 0 Å². The molecule has 1 nitrogen and oxygen atoms in total. The van der Waals surface area contributed by atoms with E-state index in [0.717, 1.165) is 17.1 Å². The first kappa shape index (κ1) is 34.5. The second-order valence-electron chi connectivity index (χ2n) is 15.7. The van der Waals surface area contributed by atoms with Gasteiger partial charge in [-0.05, 0) is 137 Å². The summed E-state index contributed by atoms with van der Waals surface area (Å²) in [5, 5.41) is 12.6. The van der Waals surface area contributed by atoms with Gasteiger partial charge in [0.25, 0.3) is 0 Å². The van der Waals surface area contributed by atoms with Crippen LogP contribution in [0.2, 0.25) is 0 Å². The summed E-state index contributed by atoms with van der Waals surface area (Å²) in [4.78, 5) is 2.44. The van der Waals surface area contributed by atoms with E-state index in [1.165, 1.54) is 96.6 Å². The van der Waals surface area contributed by atoms with Crippen molar-refractivity contribution in [3.8, 4) is 33.4 Å². The molecule has 280 valence electrons. The van der Waals surface area contributed by atoms with E-state index in [0.29, 0.717) is 0 Å². The molecule has 0 atom stereocenters. The largest absolute Gasteiger partial charge is 0.310 e. The second-order valence-corrected chi connectivity index (χ2v) is 16.8. The Labute approximate surface area is 352 Å². The number of hydrogen-bond donors (Lipinski definition) is 0. The van der Waals surface area contributed by atoms with Crippen LogP contribution in [0.4, 0.5) is 17.1 Å². The van der Waals surface area contributed by atoms with Crippen LogP contribution in [0.1, 0.15) is 0 Å². The third kappa shape index (κ3) is 5.76. The van der Waals surface area contributed by atoms with Gasteiger partial charge in [-0.25, -0.2) is 0 Å². The minimum Gasteiger partial charge on any atom is -0.310 e. The molecule has 2 heteroatoms. The molecule has 12 aromatic rings. The van der Waals surface area contributed by atoms with Gasteiger partial charge in [-0.15, -0.1) is 11.3 Å². The van der Waals surface area contributed by atoms with E-state index in [1.807, 2.05) is 11.3 Å². The van der Waals surface area contributed by atoms with Crippen LogP contribution >= 0.6 is 11.3 Å². The summed E-state index contributed by atoms with van der Waals surface area (Å²) in [7, 11) is 0. The Kier molecular flexibility index (Phi) is 8.11. The van der Waals surface area contributed by atoms with Gasteiger partial charge >= 0.3 is 0 Å². The van der Waals surface area contributed by atoms with Gasteiger partial charge in [-0.3, -0.25) is 0 Å². The molecule has 0 saturated carbocycles. The number of fused-ring (bicyclic) bond motifs is 8. The van der Waals surface area contributed by atoms with E-state index in [4.69, 9.17) is 0 Å². The molecule has 60 heavy (non-hydrogen) atoms. The smallest absolute Gasteiger partial charge is 0.0468 e. The summed E-state index contributed by atoms with van der Waals surface area (Å²) >= 11 is 1.86. The van der Waals surface area contributed by atoms with Crippen molar-refractivity contribution in [1.29, 1.82) is 0 Å². The standard InChI is InChI=1S/C58H37NS/c1-2-14-41-34-43(25-24-38(41)12-1)54-36-45(30-32-52(54)55-35-42-15-4-6-18-49(42)50-19-7-8-20-51(50)55)59(46-31-33-58-56(37-46)53-21-9-10-23-57(53)60-58)44-28-26-40(27-29-44)48-22-11-16-39-13-3-5-17-47(39)48/h1-37H. The highest BCUT2D eigenvalue weighted by Gasteiger charge is 2.20. The fourth-order valence-corrected chi connectivity index (χ4v) is 10.4. The fourth-order valence-electron chi connectivity index (χ4n) is 9.35. The minimum absolute atomic E-state index is 1.10. The second kappa shape index (κ2) is 14.1. The van der Waals surface area contributed by atoms with Crippen LogP contribution in [0.5, 0.6) is 0 Å². The van der Waals surface area contributed by atoms with Gasteiger partial charge < -0.3 is 4.90 Å². The zero-order valence-electron chi connectivity index (χ0n) is 32.7. The molecule has 0 fully saturated rings. The lowest BCUT2D eigenvalue weighted by Crippen LogP contribution is -2.10. The number of hydrogen-bond acceptors (Lipinski definition) is 2. The van der Waals surface area contributed by atoms with Crippen LogP contribution in [0.25, 0.3) is 96.6 Å². The van der Waals surface area contributed by atoms with Gasteiger partial charge in [0.05, 0.1) is 0 Å². The van der Waals surface area contributed by atoms with Crippen LogP contribution in [0, 0.1) is 0 Å². The van der Waals surface area contributed by atoms with Crippen molar-refractivity contribution in [1.82, 2.24) is 0 Å². The fraction of sp³-hybridized carbons (Fsp3) is 0. The molecule has 0 radical (unpaired) electrons. The van der Waals surface area contributed by atoms with Gasteiger partial charge in [0, 0.05) is 37.2 Å². The zero-order valence-corrected chi connectivity index (χ0v) is 33.5. The van der Waals surface area contributed by atoms with Crippen molar-refractivity contribution in [3.05, 3.63) is 224 Å². The molecule has 0 N–H and O–H groups in total. The zero-order chi connectivity index (χ0) is 39.6. The van der Waals surface area contributed by atoms with Gasteiger partial charge in [-0.2, -0.15) is 0 Å². The van der Waals surface area contributed by atoms with E-state index in [-0.39, 0.29) is 0 Å².